The maximum Gasteiger partial charge on any atom is 0.322 e. The van der Waals surface area contributed by atoms with Crippen molar-refractivity contribution in [1.29, 1.82) is 0 Å². The number of rotatable bonds is 0. The van der Waals surface area contributed by atoms with Crippen LogP contribution >= 0.6 is 0 Å². The fraction of sp³-hybridized carbons (Fsp3) is 0.438. The number of fused-ring (bicyclic) bond motifs is 3. The van der Waals surface area contributed by atoms with Crippen LogP contribution in [0.5, 0.6) is 0 Å². The van der Waals surface area contributed by atoms with Crippen molar-refractivity contribution in [2.24, 2.45) is 0 Å². The molecule has 3 amide bonds. The van der Waals surface area contributed by atoms with Gasteiger partial charge >= 0.3 is 6.03 Å². The van der Waals surface area contributed by atoms with Gasteiger partial charge in [0.1, 0.15) is 5.54 Å². The van der Waals surface area contributed by atoms with Gasteiger partial charge in [0, 0.05) is 12.0 Å². The van der Waals surface area contributed by atoms with Crippen LogP contribution in [0, 0.1) is 0 Å². The van der Waals surface area contributed by atoms with E-state index in [0.29, 0.717) is 12.8 Å². The molecule has 3 aliphatic rings. The van der Waals surface area contributed by atoms with E-state index in [0.717, 1.165) is 47.9 Å². The molecular formula is C16H16N2O3. The number of nitrogens with one attached hydrogen (secondary N) is 2. The van der Waals surface area contributed by atoms with Gasteiger partial charge in [-0.2, -0.15) is 0 Å². The molecule has 0 radical (unpaired) electrons. The van der Waals surface area contributed by atoms with Crippen LogP contribution in [0.4, 0.5) is 4.79 Å². The van der Waals surface area contributed by atoms with Gasteiger partial charge in [0.05, 0.1) is 0 Å². The zero-order valence-electron chi connectivity index (χ0n) is 11.6. The Balaban J connectivity index is 1.92. The molecule has 5 heteroatoms. The number of Topliss-reactive ketones (excluding diaryl/α,β-unsaturated/α-hetero) is 1. The molecule has 1 fully saturated rings. The fourth-order valence-corrected chi connectivity index (χ4v) is 3.88. The molecule has 1 atom stereocenters. The van der Waals surface area contributed by atoms with E-state index >= 15 is 0 Å². The number of urea groups is 1. The predicted octanol–water partition coefficient (Wildman–Crippen LogP) is 1.58. The predicted molar refractivity (Wildman–Crippen MR) is 75.0 cm³/mol. The quantitative estimate of drug-likeness (QED) is 0.710. The highest BCUT2D eigenvalue weighted by molar-refractivity contribution is 6.08. The number of benzene rings is 1. The van der Waals surface area contributed by atoms with E-state index in [1.165, 1.54) is 0 Å². The minimum atomic E-state index is -0.975. The van der Waals surface area contributed by atoms with Crippen LogP contribution in [0.2, 0.25) is 0 Å². The largest absolute Gasteiger partial charge is 0.322 e. The summed E-state index contributed by atoms with van der Waals surface area (Å²) in [7, 11) is 0. The molecule has 0 bridgehead atoms. The number of imide groups is 1. The van der Waals surface area contributed by atoms with Crippen molar-refractivity contribution in [2.75, 3.05) is 0 Å². The lowest BCUT2D eigenvalue weighted by molar-refractivity contribution is -0.124. The van der Waals surface area contributed by atoms with E-state index < -0.39 is 11.6 Å². The first-order valence-electron chi connectivity index (χ1n) is 7.43. The molecule has 1 aliphatic heterocycles. The molecule has 5 nitrogen and oxygen atoms in total. The fourth-order valence-electron chi connectivity index (χ4n) is 3.88. The maximum atomic E-state index is 12.3. The monoisotopic (exact) mass is 284 g/mol. The second-order valence-electron chi connectivity index (χ2n) is 6.11. The molecular weight excluding hydrogens is 268 g/mol. The van der Waals surface area contributed by atoms with Crippen molar-refractivity contribution < 1.29 is 14.4 Å². The highest BCUT2D eigenvalue weighted by Gasteiger charge is 2.50. The molecule has 21 heavy (non-hydrogen) atoms. The van der Waals surface area contributed by atoms with Gasteiger partial charge < -0.3 is 5.32 Å². The number of hydrogen-bond donors (Lipinski definition) is 2. The normalized spacial score (nSPS) is 27.1. The first-order valence-corrected chi connectivity index (χ1v) is 7.43. The van der Waals surface area contributed by atoms with Crippen molar-refractivity contribution in [3.05, 3.63) is 34.4 Å². The van der Waals surface area contributed by atoms with Crippen LogP contribution in [0.25, 0.3) is 0 Å². The standard InChI is InChI=1S/C16H16N2O3/c19-13-5-1-3-9-7-10-4-2-6-16(12(10)8-11(9)13)14(20)17-15(21)18-16/h7-8H,1-6H2,(H2,17,18,20,21)/t16-/m1/s1. The van der Waals surface area contributed by atoms with Gasteiger partial charge in [0.25, 0.3) is 5.91 Å². The molecule has 108 valence electrons. The van der Waals surface area contributed by atoms with Crippen LogP contribution in [-0.4, -0.2) is 17.7 Å². The van der Waals surface area contributed by atoms with Gasteiger partial charge in [-0.05, 0) is 54.9 Å². The topological polar surface area (TPSA) is 75.3 Å². The third-order valence-electron chi connectivity index (χ3n) is 4.88. The van der Waals surface area contributed by atoms with E-state index in [9.17, 15) is 14.4 Å². The summed E-state index contributed by atoms with van der Waals surface area (Å²) in [6, 6.07) is 3.48. The smallest absolute Gasteiger partial charge is 0.319 e. The molecule has 1 spiro atoms. The van der Waals surface area contributed by atoms with Crippen LogP contribution in [-0.2, 0) is 23.2 Å². The van der Waals surface area contributed by atoms with Crippen molar-refractivity contribution >= 4 is 17.7 Å². The molecule has 0 unspecified atom stereocenters. The Hall–Kier alpha value is -2.17. The van der Waals surface area contributed by atoms with E-state index in [1.54, 1.807) is 0 Å². The Bertz CT molecular complexity index is 695. The molecule has 0 saturated carbocycles. The Kier molecular flexibility index (Phi) is 2.49. The number of amides is 3. The van der Waals surface area contributed by atoms with Crippen molar-refractivity contribution in [3.63, 3.8) is 0 Å². The average Bonchev–Trinajstić information content (AvgIpc) is 2.73. The highest BCUT2D eigenvalue weighted by atomic mass is 16.2. The van der Waals surface area contributed by atoms with E-state index in [1.807, 2.05) is 6.07 Å². The van der Waals surface area contributed by atoms with Crippen LogP contribution in [0.15, 0.2) is 12.1 Å². The average molecular weight is 284 g/mol. The minimum absolute atomic E-state index is 0.143. The number of aryl methyl sites for hydroxylation is 2. The van der Waals surface area contributed by atoms with Crippen molar-refractivity contribution in [3.8, 4) is 0 Å². The molecule has 1 heterocycles. The molecule has 0 aromatic heterocycles. The minimum Gasteiger partial charge on any atom is -0.319 e. The second kappa shape index (κ2) is 4.16. The van der Waals surface area contributed by atoms with Gasteiger partial charge in [0.2, 0.25) is 0 Å². The summed E-state index contributed by atoms with van der Waals surface area (Å²) in [4.78, 5) is 36.0. The summed E-state index contributed by atoms with van der Waals surface area (Å²) in [5.74, 6) is -0.152. The van der Waals surface area contributed by atoms with Gasteiger partial charge in [-0.15, -0.1) is 0 Å². The zero-order valence-corrected chi connectivity index (χ0v) is 11.6. The lowest BCUT2D eigenvalue weighted by Crippen LogP contribution is -2.46. The van der Waals surface area contributed by atoms with Crippen molar-refractivity contribution in [1.82, 2.24) is 10.6 Å². The van der Waals surface area contributed by atoms with Crippen molar-refractivity contribution in [2.45, 2.75) is 44.1 Å². The number of hydrogen-bond acceptors (Lipinski definition) is 3. The molecule has 1 aromatic rings. The van der Waals surface area contributed by atoms with Crippen LogP contribution in [0.3, 0.4) is 0 Å². The Morgan fingerprint density at radius 1 is 0.952 bits per heavy atom. The van der Waals surface area contributed by atoms with Gasteiger partial charge in [-0.1, -0.05) is 6.07 Å². The third-order valence-corrected chi connectivity index (χ3v) is 4.88. The van der Waals surface area contributed by atoms with E-state index in [-0.39, 0.29) is 11.7 Å². The van der Waals surface area contributed by atoms with Gasteiger partial charge in [-0.3, -0.25) is 14.9 Å². The summed E-state index contributed by atoms with van der Waals surface area (Å²) < 4.78 is 0. The first kappa shape index (κ1) is 12.6. The zero-order chi connectivity index (χ0) is 14.6. The van der Waals surface area contributed by atoms with Gasteiger partial charge in [-0.25, -0.2) is 4.79 Å². The van der Waals surface area contributed by atoms with Crippen LogP contribution < -0.4 is 10.6 Å². The van der Waals surface area contributed by atoms with E-state index in [2.05, 4.69) is 16.7 Å². The third kappa shape index (κ3) is 1.66. The number of carbonyl (C=O) groups is 3. The molecule has 1 aromatic carbocycles. The lowest BCUT2D eigenvalue weighted by Gasteiger charge is -2.34. The highest BCUT2D eigenvalue weighted by Crippen LogP contribution is 2.40. The number of carbonyl (C=O) groups excluding carboxylic acids is 3. The van der Waals surface area contributed by atoms with E-state index in [4.69, 9.17) is 0 Å². The van der Waals surface area contributed by atoms with Gasteiger partial charge in [0.15, 0.2) is 5.78 Å². The maximum absolute atomic E-state index is 12.3. The summed E-state index contributed by atoms with van der Waals surface area (Å²) in [5.41, 5.74) is 2.75. The molecule has 4 rings (SSSR count). The lowest BCUT2D eigenvalue weighted by atomic mass is 9.73. The van der Waals surface area contributed by atoms with Crippen LogP contribution in [0.1, 0.15) is 52.7 Å². The molecule has 2 aliphatic carbocycles. The summed E-state index contributed by atoms with van der Waals surface area (Å²) in [6.45, 7) is 0. The second-order valence-corrected chi connectivity index (χ2v) is 6.11. The SMILES string of the molecule is O=C1NC(=O)[C@]2(CCCc3cc4c(cc32)C(=O)CCC4)N1. The number of ketones is 1. The molecule has 1 saturated heterocycles. The summed E-state index contributed by atoms with van der Waals surface area (Å²) in [5, 5.41) is 5.12. The summed E-state index contributed by atoms with van der Waals surface area (Å²) >= 11 is 0. The molecule has 2 N–H and O–H groups in total. The Morgan fingerprint density at radius 2 is 1.76 bits per heavy atom. The Morgan fingerprint density at radius 3 is 2.52 bits per heavy atom. The first-order chi connectivity index (χ1) is 10.1. The summed E-state index contributed by atoms with van der Waals surface area (Å²) in [6.07, 6.45) is 4.71. The Labute approximate surface area is 122 Å².